The fourth-order valence-corrected chi connectivity index (χ4v) is 2.45. The zero-order valence-corrected chi connectivity index (χ0v) is 9.38. The van der Waals surface area contributed by atoms with Crippen molar-refractivity contribution in [1.29, 1.82) is 0 Å². The summed E-state index contributed by atoms with van der Waals surface area (Å²) in [6.07, 6.45) is 0. The van der Waals surface area contributed by atoms with Gasteiger partial charge in [-0.3, -0.25) is 0 Å². The zero-order valence-electron chi connectivity index (χ0n) is 7.75. The molecule has 2 N–H and O–H groups in total. The Labute approximate surface area is 94.6 Å². The first kappa shape index (κ1) is 12.6. The molecule has 1 nitrogen and oxygen atoms in total. The second-order valence-electron chi connectivity index (χ2n) is 2.68. The number of hydrogen-bond acceptors (Lipinski definition) is 3. The van der Waals surface area contributed by atoms with E-state index in [1.807, 2.05) is 6.07 Å². The minimum absolute atomic E-state index is 0.00298. The molecule has 0 spiro atoms. The standard InChI is InChI=1S/C9H10F3NS2/c10-9(11,12)15-6-5-14-8-4-2-1-3-7(8)13/h1-4H,5-6,13H2. The first-order chi connectivity index (χ1) is 6.99. The number of nitrogens with two attached hydrogens (primary N) is 1. The lowest BCUT2D eigenvalue weighted by Gasteiger charge is -2.06. The highest BCUT2D eigenvalue weighted by Gasteiger charge is 2.27. The summed E-state index contributed by atoms with van der Waals surface area (Å²) in [6, 6.07) is 7.15. The SMILES string of the molecule is Nc1ccccc1SCCSC(F)(F)F. The summed E-state index contributed by atoms with van der Waals surface area (Å²) in [5, 5.41) is 0. The first-order valence-electron chi connectivity index (χ1n) is 4.17. The molecular formula is C9H10F3NS2. The smallest absolute Gasteiger partial charge is 0.398 e. The van der Waals surface area contributed by atoms with Gasteiger partial charge in [0.25, 0.3) is 0 Å². The Morgan fingerprint density at radius 2 is 1.80 bits per heavy atom. The molecule has 0 bridgehead atoms. The molecule has 0 aliphatic rings. The molecule has 0 atom stereocenters. The minimum Gasteiger partial charge on any atom is -0.398 e. The molecule has 1 rings (SSSR count). The van der Waals surface area contributed by atoms with Gasteiger partial charge in [0.15, 0.2) is 0 Å². The molecular weight excluding hydrogens is 243 g/mol. The molecule has 84 valence electrons. The highest BCUT2D eigenvalue weighted by Crippen LogP contribution is 2.32. The summed E-state index contributed by atoms with van der Waals surface area (Å²) >= 11 is 1.34. The summed E-state index contributed by atoms with van der Waals surface area (Å²) < 4.78 is 35.4. The van der Waals surface area contributed by atoms with Gasteiger partial charge in [-0.2, -0.15) is 13.2 Å². The van der Waals surface area contributed by atoms with E-state index in [1.54, 1.807) is 18.2 Å². The molecule has 0 fully saturated rings. The third kappa shape index (κ3) is 5.22. The van der Waals surface area contributed by atoms with Crippen LogP contribution >= 0.6 is 23.5 Å². The molecule has 0 aliphatic heterocycles. The summed E-state index contributed by atoms with van der Waals surface area (Å²) in [6.45, 7) is 0. The van der Waals surface area contributed by atoms with E-state index in [2.05, 4.69) is 0 Å². The predicted molar refractivity (Wildman–Crippen MR) is 60.1 cm³/mol. The highest BCUT2D eigenvalue weighted by atomic mass is 32.2. The van der Waals surface area contributed by atoms with Crippen LogP contribution in [-0.2, 0) is 0 Å². The Morgan fingerprint density at radius 1 is 1.13 bits per heavy atom. The van der Waals surface area contributed by atoms with Crippen LogP contribution in [0.2, 0.25) is 0 Å². The van der Waals surface area contributed by atoms with Gasteiger partial charge in [0, 0.05) is 22.1 Å². The minimum atomic E-state index is -4.14. The summed E-state index contributed by atoms with van der Waals surface area (Å²) in [5.41, 5.74) is 2.11. The van der Waals surface area contributed by atoms with E-state index < -0.39 is 5.51 Å². The monoisotopic (exact) mass is 253 g/mol. The maximum atomic E-state index is 11.8. The van der Waals surface area contributed by atoms with Crippen molar-refractivity contribution in [3.05, 3.63) is 24.3 Å². The maximum absolute atomic E-state index is 11.8. The average molecular weight is 253 g/mol. The van der Waals surface area contributed by atoms with Gasteiger partial charge >= 0.3 is 5.51 Å². The van der Waals surface area contributed by atoms with Gasteiger partial charge in [-0.25, -0.2) is 0 Å². The Bertz CT molecular complexity index is 314. The third-order valence-corrected chi connectivity index (χ3v) is 3.61. The quantitative estimate of drug-likeness (QED) is 0.504. The number of thioether (sulfide) groups is 2. The van der Waals surface area contributed by atoms with Gasteiger partial charge in [-0.15, -0.1) is 11.8 Å². The number of anilines is 1. The molecule has 0 aromatic heterocycles. The van der Waals surface area contributed by atoms with Crippen LogP contribution < -0.4 is 5.73 Å². The van der Waals surface area contributed by atoms with Crippen molar-refractivity contribution >= 4 is 29.2 Å². The molecule has 0 amide bonds. The molecule has 6 heteroatoms. The highest BCUT2D eigenvalue weighted by molar-refractivity contribution is 8.03. The van der Waals surface area contributed by atoms with Crippen molar-refractivity contribution in [2.24, 2.45) is 0 Å². The van der Waals surface area contributed by atoms with Crippen LogP contribution in [0.3, 0.4) is 0 Å². The second kappa shape index (κ2) is 5.55. The summed E-state index contributed by atoms with van der Waals surface area (Å²) in [4.78, 5) is 0.834. The molecule has 0 heterocycles. The van der Waals surface area contributed by atoms with E-state index in [0.717, 1.165) is 4.90 Å². The fraction of sp³-hybridized carbons (Fsp3) is 0.333. The summed E-state index contributed by atoms with van der Waals surface area (Å²) in [5.74, 6) is 0.445. The predicted octanol–water partition coefficient (Wildman–Crippen LogP) is 3.61. The molecule has 0 radical (unpaired) electrons. The van der Waals surface area contributed by atoms with Gasteiger partial charge in [-0.05, 0) is 12.1 Å². The van der Waals surface area contributed by atoms with Gasteiger partial charge in [0.2, 0.25) is 0 Å². The number of halogens is 3. The van der Waals surface area contributed by atoms with Gasteiger partial charge in [0.05, 0.1) is 0 Å². The van der Waals surface area contributed by atoms with E-state index in [9.17, 15) is 13.2 Å². The summed E-state index contributed by atoms with van der Waals surface area (Å²) in [7, 11) is 0. The Hall–Kier alpha value is -0.490. The maximum Gasteiger partial charge on any atom is 0.441 e. The second-order valence-corrected chi connectivity index (χ2v) is 4.98. The van der Waals surface area contributed by atoms with Crippen LogP contribution in [0.15, 0.2) is 29.2 Å². The topological polar surface area (TPSA) is 26.0 Å². The van der Waals surface area contributed by atoms with Crippen LogP contribution in [-0.4, -0.2) is 17.0 Å². The average Bonchev–Trinajstić information content (AvgIpc) is 2.13. The lowest BCUT2D eigenvalue weighted by molar-refractivity contribution is -0.0326. The van der Waals surface area contributed by atoms with Crippen LogP contribution in [0.1, 0.15) is 0 Å². The molecule has 0 saturated carbocycles. The van der Waals surface area contributed by atoms with E-state index in [1.165, 1.54) is 11.8 Å². The van der Waals surface area contributed by atoms with E-state index in [0.29, 0.717) is 11.4 Å². The Balaban J connectivity index is 2.30. The lowest BCUT2D eigenvalue weighted by atomic mass is 10.3. The van der Waals surface area contributed by atoms with Crippen molar-refractivity contribution in [3.8, 4) is 0 Å². The normalized spacial score (nSPS) is 11.7. The van der Waals surface area contributed by atoms with Gasteiger partial charge in [0.1, 0.15) is 0 Å². The van der Waals surface area contributed by atoms with Crippen molar-refractivity contribution in [3.63, 3.8) is 0 Å². The Kier molecular flexibility index (Phi) is 4.66. The van der Waals surface area contributed by atoms with Crippen molar-refractivity contribution in [1.82, 2.24) is 0 Å². The largest absolute Gasteiger partial charge is 0.441 e. The molecule has 0 aliphatic carbocycles. The Morgan fingerprint density at radius 3 is 2.40 bits per heavy atom. The number of benzene rings is 1. The van der Waals surface area contributed by atoms with Crippen LogP contribution in [0, 0.1) is 0 Å². The van der Waals surface area contributed by atoms with Crippen LogP contribution in [0.5, 0.6) is 0 Å². The molecule has 1 aromatic rings. The molecule has 1 aromatic carbocycles. The van der Waals surface area contributed by atoms with Crippen LogP contribution in [0.4, 0.5) is 18.9 Å². The fourth-order valence-electron chi connectivity index (χ4n) is 0.921. The number of hydrogen-bond donors (Lipinski definition) is 1. The molecule has 0 unspecified atom stereocenters. The van der Waals surface area contributed by atoms with E-state index >= 15 is 0 Å². The van der Waals surface area contributed by atoms with Gasteiger partial charge < -0.3 is 5.73 Å². The van der Waals surface area contributed by atoms with Crippen molar-refractivity contribution in [2.45, 2.75) is 10.4 Å². The molecule has 15 heavy (non-hydrogen) atoms. The number of nitrogen functional groups attached to an aromatic ring is 1. The number of para-hydroxylation sites is 1. The van der Waals surface area contributed by atoms with Crippen molar-refractivity contribution in [2.75, 3.05) is 17.2 Å². The number of rotatable bonds is 4. The van der Waals surface area contributed by atoms with E-state index in [-0.39, 0.29) is 17.5 Å². The zero-order chi connectivity index (χ0) is 11.3. The van der Waals surface area contributed by atoms with Crippen molar-refractivity contribution < 1.29 is 13.2 Å². The first-order valence-corrected chi connectivity index (χ1v) is 6.14. The van der Waals surface area contributed by atoms with E-state index in [4.69, 9.17) is 5.73 Å². The lowest BCUT2D eigenvalue weighted by Crippen LogP contribution is -2.02. The van der Waals surface area contributed by atoms with Crippen LogP contribution in [0.25, 0.3) is 0 Å². The molecule has 0 saturated heterocycles. The van der Waals surface area contributed by atoms with Gasteiger partial charge in [-0.1, -0.05) is 23.9 Å². The number of alkyl halides is 3. The third-order valence-electron chi connectivity index (χ3n) is 1.53.